The lowest BCUT2D eigenvalue weighted by Crippen LogP contribution is -2.50. The molecule has 3 unspecified atom stereocenters. The average molecular weight is 554 g/mol. The van der Waals surface area contributed by atoms with E-state index in [0.717, 1.165) is 38.5 Å². The van der Waals surface area contributed by atoms with E-state index in [2.05, 4.69) is 31.3 Å². The maximum atomic E-state index is 12.3. The Bertz CT molecular complexity index is 539. The number of aliphatic hydroxyl groups excluding tert-OH is 3. The third-order valence-corrected chi connectivity index (χ3v) is 7.87. The van der Waals surface area contributed by atoms with Crippen molar-refractivity contribution in [1.82, 2.24) is 5.32 Å². The van der Waals surface area contributed by atoms with Crippen molar-refractivity contribution >= 4 is 5.91 Å². The van der Waals surface area contributed by atoms with Gasteiger partial charge < -0.3 is 20.6 Å². The first kappa shape index (κ1) is 38.1. The fourth-order valence-corrected chi connectivity index (χ4v) is 5.16. The fourth-order valence-electron chi connectivity index (χ4n) is 5.16. The smallest absolute Gasteiger partial charge is 0.220 e. The Morgan fingerprint density at radius 2 is 1.03 bits per heavy atom. The summed E-state index contributed by atoms with van der Waals surface area (Å²) in [6.45, 7) is 4.13. The van der Waals surface area contributed by atoms with Crippen LogP contribution in [0, 0.1) is 0 Å². The summed E-state index contributed by atoms with van der Waals surface area (Å²) in [5.74, 6) is -0.156. The highest BCUT2D eigenvalue weighted by Gasteiger charge is 2.26. The lowest BCUT2D eigenvalue weighted by Gasteiger charge is -2.26. The Morgan fingerprint density at radius 1 is 0.615 bits per heavy atom. The Morgan fingerprint density at radius 3 is 1.49 bits per heavy atom. The van der Waals surface area contributed by atoms with Gasteiger partial charge in [-0.1, -0.05) is 142 Å². The summed E-state index contributed by atoms with van der Waals surface area (Å²) in [4.78, 5) is 12.3. The van der Waals surface area contributed by atoms with Crippen LogP contribution in [0.15, 0.2) is 12.2 Å². The maximum Gasteiger partial charge on any atom is 0.220 e. The van der Waals surface area contributed by atoms with Gasteiger partial charge in [-0.2, -0.15) is 0 Å². The lowest BCUT2D eigenvalue weighted by atomic mass is 10.0. The molecule has 0 bridgehead atoms. The van der Waals surface area contributed by atoms with Crippen molar-refractivity contribution < 1.29 is 20.1 Å². The van der Waals surface area contributed by atoms with E-state index >= 15 is 0 Å². The van der Waals surface area contributed by atoms with Crippen LogP contribution in [-0.4, -0.2) is 46.1 Å². The van der Waals surface area contributed by atoms with Crippen LogP contribution in [0.4, 0.5) is 0 Å². The summed E-state index contributed by atoms with van der Waals surface area (Å²) in [6, 6.07) is -0.817. The van der Waals surface area contributed by atoms with Crippen molar-refractivity contribution in [1.29, 1.82) is 0 Å². The molecule has 1 amide bonds. The van der Waals surface area contributed by atoms with Crippen LogP contribution in [0.5, 0.6) is 0 Å². The lowest BCUT2D eigenvalue weighted by molar-refractivity contribution is -0.124. The monoisotopic (exact) mass is 554 g/mol. The molecule has 5 nitrogen and oxygen atoms in total. The molecule has 0 aromatic rings. The second kappa shape index (κ2) is 30.1. The van der Waals surface area contributed by atoms with Gasteiger partial charge in [0.25, 0.3) is 0 Å². The van der Waals surface area contributed by atoms with Crippen molar-refractivity contribution in [2.45, 2.75) is 193 Å². The fraction of sp³-hybridized carbons (Fsp3) is 0.912. The number of amides is 1. The summed E-state index contributed by atoms with van der Waals surface area (Å²) in [5.41, 5.74) is 0. The molecule has 0 aromatic heterocycles. The number of nitrogens with one attached hydrogen (secondary N) is 1. The van der Waals surface area contributed by atoms with E-state index in [4.69, 9.17) is 0 Å². The van der Waals surface area contributed by atoms with E-state index in [-0.39, 0.29) is 12.5 Å². The van der Waals surface area contributed by atoms with Crippen LogP contribution in [0.3, 0.4) is 0 Å². The topological polar surface area (TPSA) is 89.8 Å². The van der Waals surface area contributed by atoms with Gasteiger partial charge in [-0.3, -0.25) is 4.79 Å². The van der Waals surface area contributed by atoms with Crippen LogP contribution in [0.2, 0.25) is 0 Å². The molecule has 0 saturated carbocycles. The number of aliphatic hydroxyl groups is 3. The van der Waals surface area contributed by atoms with Crippen LogP contribution in [0.1, 0.15) is 174 Å². The number of unbranched alkanes of at least 4 members (excludes halogenated alkanes) is 20. The largest absolute Gasteiger partial charge is 0.394 e. The molecule has 0 spiro atoms. The second-order valence-electron chi connectivity index (χ2n) is 11.7. The van der Waals surface area contributed by atoms with Crippen LogP contribution >= 0.6 is 0 Å². The number of hydrogen-bond donors (Lipinski definition) is 4. The molecule has 0 aromatic carbocycles. The highest BCUT2D eigenvalue weighted by molar-refractivity contribution is 5.76. The van der Waals surface area contributed by atoms with Gasteiger partial charge in [0, 0.05) is 6.42 Å². The Labute approximate surface area is 242 Å². The minimum absolute atomic E-state index is 0.156. The highest BCUT2D eigenvalue weighted by Crippen LogP contribution is 2.14. The number of carbonyl (C=O) groups excluding carboxylic acids is 1. The zero-order valence-corrected chi connectivity index (χ0v) is 26.0. The van der Waals surface area contributed by atoms with Crippen molar-refractivity contribution in [2.75, 3.05) is 6.61 Å². The van der Waals surface area contributed by atoms with E-state index in [1.807, 2.05) is 0 Å². The molecule has 0 heterocycles. The zero-order valence-electron chi connectivity index (χ0n) is 26.0. The van der Waals surface area contributed by atoms with Crippen molar-refractivity contribution in [2.24, 2.45) is 0 Å². The molecular formula is C34H67NO4. The molecule has 232 valence electrons. The van der Waals surface area contributed by atoms with Crippen molar-refractivity contribution in [3.05, 3.63) is 12.2 Å². The molecular weight excluding hydrogens is 486 g/mol. The molecule has 0 rings (SSSR count). The SMILES string of the molecule is CCCCCCCCC/C=C/CCCC(O)C(O)C(CO)NC(=O)CCCCCCCCCCCCCCC. The Hall–Kier alpha value is -0.910. The number of allylic oxidation sites excluding steroid dienone is 2. The van der Waals surface area contributed by atoms with E-state index in [9.17, 15) is 20.1 Å². The number of carbonyl (C=O) groups is 1. The molecule has 39 heavy (non-hydrogen) atoms. The van der Waals surface area contributed by atoms with Gasteiger partial charge in [0.1, 0.15) is 6.10 Å². The van der Waals surface area contributed by atoms with Gasteiger partial charge in [-0.25, -0.2) is 0 Å². The first-order chi connectivity index (χ1) is 19.1. The molecule has 0 aliphatic rings. The minimum Gasteiger partial charge on any atom is -0.394 e. The van der Waals surface area contributed by atoms with Crippen molar-refractivity contribution in [3.8, 4) is 0 Å². The number of hydrogen-bond acceptors (Lipinski definition) is 4. The molecule has 0 aliphatic carbocycles. The standard InChI is InChI=1S/C34H67NO4/c1-3-5-7-9-11-13-15-17-19-21-23-25-27-29-33(38)35-31(30-36)34(39)32(37)28-26-24-22-20-18-16-14-12-10-8-6-4-2/h20,22,31-32,34,36-37,39H,3-19,21,23-30H2,1-2H3,(H,35,38)/b22-20+. The van der Waals surface area contributed by atoms with Crippen molar-refractivity contribution in [3.63, 3.8) is 0 Å². The van der Waals surface area contributed by atoms with E-state index in [0.29, 0.717) is 12.8 Å². The molecule has 4 N–H and O–H groups in total. The van der Waals surface area contributed by atoms with Gasteiger partial charge in [0.2, 0.25) is 5.91 Å². The van der Waals surface area contributed by atoms with E-state index in [1.54, 1.807) is 0 Å². The Balaban J connectivity index is 3.76. The predicted molar refractivity (Wildman–Crippen MR) is 167 cm³/mol. The highest BCUT2D eigenvalue weighted by atomic mass is 16.3. The molecule has 0 saturated heterocycles. The molecule has 0 radical (unpaired) electrons. The van der Waals surface area contributed by atoms with Crippen LogP contribution < -0.4 is 5.32 Å². The first-order valence-corrected chi connectivity index (χ1v) is 17.0. The van der Waals surface area contributed by atoms with Gasteiger partial charge in [0.15, 0.2) is 0 Å². The average Bonchev–Trinajstić information content (AvgIpc) is 2.94. The maximum absolute atomic E-state index is 12.3. The summed E-state index contributed by atoms with van der Waals surface area (Å²) < 4.78 is 0. The van der Waals surface area contributed by atoms with Gasteiger partial charge in [-0.05, 0) is 38.5 Å². The minimum atomic E-state index is -1.15. The molecule has 0 aliphatic heterocycles. The Kier molecular flexibility index (Phi) is 29.4. The normalized spacial score (nSPS) is 14.1. The predicted octanol–water partition coefficient (Wildman–Crippen LogP) is 8.53. The van der Waals surface area contributed by atoms with Gasteiger partial charge in [-0.15, -0.1) is 0 Å². The van der Waals surface area contributed by atoms with E-state index < -0.39 is 18.2 Å². The molecule has 0 fully saturated rings. The molecule has 3 atom stereocenters. The zero-order chi connectivity index (χ0) is 28.8. The summed E-state index contributed by atoms with van der Waals surface area (Å²) in [5, 5.41) is 33.2. The third kappa shape index (κ3) is 25.8. The van der Waals surface area contributed by atoms with Gasteiger partial charge in [0.05, 0.1) is 18.8 Å². The summed E-state index contributed by atoms with van der Waals surface area (Å²) >= 11 is 0. The van der Waals surface area contributed by atoms with Crippen LogP contribution in [0.25, 0.3) is 0 Å². The van der Waals surface area contributed by atoms with Crippen LogP contribution in [-0.2, 0) is 4.79 Å². The summed E-state index contributed by atoms with van der Waals surface area (Å²) in [6.07, 6.45) is 31.5. The third-order valence-electron chi connectivity index (χ3n) is 7.87. The quantitative estimate of drug-likeness (QED) is 0.0530. The van der Waals surface area contributed by atoms with Gasteiger partial charge >= 0.3 is 0 Å². The van der Waals surface area contributed by atoms with E-state index in [1.165, 1.54) is 109 Å². The number of rotatable bonds is 30. The first-order valence-electron chi connectivity index (χ1n) is 17.0. The second-order valence-corrected chi connectivity index (χ2v) is 11.7. The molecule has 5 heteroatoms. The summed E-state index contributed by atoms with van der Waals surface area (Å²) in [7, 11) is 0.